The first-order valence-electron chi connectivity index (χ1n) is 12.3. The second kappa shape index (κ2) is 9.46. The lowest BCUT2D eigenvalue weighted by Crippen LogP contribution is -2.60. The van der Waals surface area contributed by atoms with Crippen LogP contribution in [0.2, 0.25) is 0 Å². The molecule has 1 spiro atoms. The van der Waals surface area contributed by atoms with Gasteiger partial charge in [-0.05, 0) is 39.5 Å². The van der Waals surface area contributed by atoms with Gasteiger partial charge in [0.2, 0.25) is 17.7 Å². The van der Waals surface area contributed by atoms with E-state index in [1.54, 1.807) is 33.9 Å². The Balaban J connectivity index is 2.17. The van der Waals surface area contributed by atoms with Crippen LogP contribution in [0, 0.1) is 17.8 Å². The molecule has 0 aliphatic carbocycles. The molecule has 0 aromatic carbocycles. The van der Waals surface area contributed by atoms with E-state index in [0.717, 1.165) is 0 Å². The fourth-order valence-corrected chi connectivity index (χ4v) is 6.37. The highest BCUT2D eigenvalue weighted by atomic mass is 16.5. The molecule has 1 N–H and O–H groups in total. The van der Waals surface area contributed by atoms with Crippen molar-refractivity contribution in [2.45, 2.75) is 76.8 Å². The molecular weight excluding hydrogens is 434 g/mol. The fourth-order valence-electron chi connectivity index (χ4n) is 6.37. The number of rotatable bonds is 10. The van der Waals surface area contributed by atoms with Crippen LogP contribution in [0.5, 0.6) is 0 Å². The summed E-state index contributed by atoms with van der Waals surface area (Å²) < 4.78 is 6.66. The van der Waals surface area contributed by atoms with Crippen LogP contribution in [0.1, 0.15) is 47.5 Å². The number of likely N-dealkylation sites (N-methyl/N-ethyl adjacent to an activating group) is 1. The molecule has 3 heterocycles. The summed E-state index contributed by atoms with van der Waals surface area (Å²) in [6, 6.07) is -1.58. The average molecular weight is 476 g/mol. The van der Waals surface area contributed by atoms with Gasteiger partial charge in [-0.3, -0.25) is 14.4 Å². The summed E-state index contributed by atoms with van der Waals surface area (Å²) in [4.78, 5) is 46.7. The molecule has 0 aromatic rings. The van der Waals surface area contributed by atoms with Gasteiger partial charge in [0.1, 0.15) is 11.6 Å². The summed E-state index contributed by atoms with van der Waals surface area (Å²) in [5.41, 5.74) is -1.93. The van der Waals surface area contributed by atoms with Crippen molar-refractivity contribution in [1.29, 1.82) is 0 Å². The van der Waals surface area contributed by atoms with E-state index in [-0.39, 0.29) is 36.3 Å². The summed E-state index contributed by atoms with van der Waals surface area (Å²) in [6.45, 7) is 17.5. The molecule has 3 aliphatic rings. The van der Waals surface area contributed by atoms with Crippen LogP contribution in [0.15, 0.2) is 25.3 Å². The Labute approximate surface area is 203 Å². The molecule has 190 valence electrons. The molecule has 6 atom stereocenters. The number of hydrogen-bond donors (Lipinski definition) is 1. The maximum Gasteiger partial charge on any atom is 0.248 e. The van der Waals surface area contributed by atoms with Crippen molar-refractivity contribution in [3.63, 3.8) is 0 Å². The highest BCUT2D eigenvalue weighted by Crippen LogP contribution is 2.64. The Morgan fingerprint density at radius 2 is 1.79 bits per heavy atom. The fraction of sp³-hybridized carbons (Fsp3) is 0.731. The lowest BCUT2D eigenvalue weighted by molar-refractivity contribution is -0.158. The van der Waals surface area contributed by atoms with Gasteiger partial charge in [0.15, 0.2) is 0 Å². The molecule has 34 heavy (non-hydrogen) atoms. The summed E-state index contributed by atoms with van der Waals surface area (Å²) in [6.07, 6.45) is 4.42. The van der Waals surface area contributed by atoms with Crippen LogP contribution in [0.25, 0.3) is 0 Å². The van der Waals surface area contributed by atoms with Crippen LogP contribution < -0.4 is 0 Å². The maximum atomic E-state index is 14.1. The molecule has 3 amide bonds. The van der Waals surface area contributed by atoms with Crippen LogP contribution in [-0.2, 0) is 19.1 Å². The van der Waals surface area contributed by atoms with Gasteiger partial charge in [0, 0.05) is 26.2 Å². The second-order valence-electron chi connectivity index (χ2n) is 10.8. The number of amides is 3. The Bertz CT molecular complexity index is 857. The Morgan fingerprint density at radius 1 is 1.18 bits per heavy atom. The molecule has 3 saturated heterocycles. The number of hydrogen-bond acceptors (Lipinski definition) is 5. The largest absolute Gasteiger partial charge is 0.394 e. The van der Waals surface area contributed by atoms with Crippen LogP contribution >= 0.6 is 0 Å². The van der Waals surface area contributed by atoms with Crippen molar-refractivity contribution >= 4 is 17.7 Å². The first kappa shape index (κ1) is 26.4. The number of likely N-dealkylation sites (tertiary alicyclic amines) is 1. The van der Waals surface area contributed by atoms with Gasteiger partial charge < -0.3 is 24.5 Å². The van der Waals surface area contributed by atoms with E-state index in [1.165, 1.54) is 0 Å². The number of carbonyl (C=O) groups excluding carboxylic acids is 3. The van der Waals surface area contributed by atoms with E-state index >= 15 is 0 Å². The van der Waals surface area contributed by atoms with Gasteiger partial charge in [-0.1, -0.05) is 26.0 Å². The van der Waals surface area contributed by atoms with Crippen molar-refractivity contribution in [3.8, 4) is 0 Å². The Kier molecular flexibility index (Phi) is 7.35. The monoisotopic (exact) mass is 475 g/mol. The van der Waals surface area contributed by atoms with Gasteiger partial charge in [0.25, 0.3) is 0 Å². The van der Waals surface area contributed by atoms with E-state index in [1.807, 2.05) is 34.6 Å². The number of carbonyl (C=O) groups is 3. The predicted molar refractivity (Wildman–Crippen MR) is 130 cm³/mol. The minimum atomic E-state index is -1.10. The first-order chi connectivity index (χ1) is 15.9. The molecule has 3 aliphatic heterocycles. The van der Waals surface area contributed by atoms with Crippen molar-refractivity contribution in [2.24, 2.45) is 17.8 Å². The third-order valence-corrected chi connectivity index (χ3v) is 8.04. The van der Waals surface area contributed by atoms with Crippen molar-refractivity contribution in [2.75, 3.05) is 26.7 Å². The summed E-state index contributed by atoms with van der Waals surface area (Å²) in [7, 11) is 1.70. The maximum absolute atomic E-state index is 14.1. The third-order valence-electron chi connectivity index (χ3n) is 8.04. The highest BCUT2D eigenvalue weighted by Gasteiger charge is 2.78. The zero-order valence-electron chi connectivity index (χ0n) is 21.5. The van der Waals surface area contributed by atoms with E-state index < -0.39 is 35.1 Å². The molecule has 0 saturated carbocycles. The molecule has 0 radical (unpaired) electrons. The number of nitrogens with zero attached hydrogens (tertiary/aromatic N) is 3. The minimum absolute atomic E-state index is 0.0863. The van der Waals surface area contributed by atoms with Crippen LogP contribution in [-0.4, -0.2) is 93.6 Å². The molecular formula is C26H41N3O5. The molecule has 3 fully saturated rings. The van der Waals surface area contributed by atoms with E-state index in [4.69, 9.17) is 4.74 Å². The molecule has 3 rings (SSSR count). The molecule has 8 nitrogen and oxygen atoms in total. The lowest BCUT2D eigenvalue weighted by Gasteiger charge is -2.41. The zero-order chi connectivity index (χ0) is 25.6. The first-order valence-corrected chi connectivity index (χ1v) is 12.3. The standard InChI is InChI=1S/C26H41N3O5/c1-9-13-27(8)22(31)19-20-23(32)29(18(15-30)16(3)4)21(24(33)28(14-10-2)17(5)6)26(20)12-11-25(19,7)34-26/h9-10,16-21,30H,1-2,11-15H2,3-8H3/t18-,19+,20-,21?,25-,26?/m0/s1. The van der Waals surface area contributed by atoms with Crippen LogP contribution in [0.4, 0.5) is 0 Å². The van der Waals surface area contributed by atoms with E-state index in [0.29, 0.717) is 25.9 Å². The Hall–Kier alpha value is -2.19. The average Bonchev–Trinajstić information content (AvgIpc) is 3.32. The SMILES string of the molecule is C=CCN(C)C(=O)[C@H]1[C@H]2C(=O)N([C@@H](CO)C(C)C)C(C(=O)N(CC=C)C(C)C)C23CC[C@]1(C)O3. The summed E-state index contributed by atoms with van der Waals surface area (Å²) >= 11 is 0. The van der Waals surface area contributed by atoms with E-state index in [9.17, 15) is 19.5 Å². The Morgan fingerprint density at radius 3 is 2.29 bits per heavy atom. The quantitative estimate of drug-likeness (QED) is 0.487. The number of fused-ring (bicyclic) bond motifs is 1. The smallest absolute Gasteiger partial charge is 0.248 e. The molecule has 2 unspecified atom stereocenters. The normalized spacial score (nSPS) is 32.8. The third kappa shape index (κ3) is 3.79. The summed E-state index contributed by atoms with van der Waals surface area (Å²) in [5, 5.41) is 10.3. The number of aliphatic hydroxyl groups is 1. The highest BCUT2D eigenvalue weighted by molar-refractivity contribution is 5.99. The van der Waals surface area contributed by atoms with Crippen molar-refractivity contribution < 1.29 is 24.2 Å². The van der Waals surface area contributed by atoms with Gasteiger partial charge >= 0.3 is 0 Å². The number of aliphatic hydroxyl groups excluding tert-OH is 1. The van der Waals surface area contributed by atoms with Gasteiger partial charge in [-0.2, -0.15) is 0 Å². The minimum Gasteiger partial charge on any atom is -0.394 e. The van der Waals surface area contributed by atoms with Gasteiger partial charge in [-0.25, -0.2) is 0 Å². The lowest BCUT2D eigenvalue weighted by atomic mass is 9.66. The topological polar surface area (TPSA) is 90.4 Å². The van der Waals surface area contributed by atoms with Gasteiger partial charge in [0.05, 0.1) is 30.1 Å². The van der Waals surface area contributed by atoms with Crippen LogP contribution in [0.3, 0.4) is 0 Å². The molecule has 8 heteroatoms. The zero-order valence-corrected chi connectivity index (χ0v) is 21.5. The summed E-state index contributed by atoms with van der Waals surface area (Å²) in [5.74, 6) is -2.23. The molecule has 0 aromatic heterocycles. The van der Waals surface area contributed by atoms with Crippen molar-refractivity contribution in [1.82, 2.24) is 14.7 Å². The second-order valence-corrected chi connectivity index (χ2v) is 10.8. The van der Waals surface area contributed by atoms with Crippen molar-refractivity contribution in [3.05, 3.63) is 25.3 Å². The van der Waals surface area contributed by atoms with E-state index in [2.05, 4.69) is 13.2 Å². The van der Waals surface area contributed by atoms with Gasteiger partial charge in [-0.15, -0.1) is 13.2 Å². The predicted octanol–water partition coefficient (Wildman–Crippen LogP) is 1.84. The number of ether oxygens (including phenoxy) is 1. The molecule has 2 bridgehead atoms.